The van der Waals surface area contributed by atoms with Crippen molar-refractivity contribution in [3.63, 3.8) is 0 Å². The first-order chi connectivity index (χ1) is 27.3. The van der Waals surface area contributed by atoms with Gasteiger partial charge in [0, 0.05) is 33.2 Å². The van der Waals surface area contributed by atoms with Crippen molar-refractivity contribution in [3.05, 3.63) is 194 Å². The molecule has 0 bridgehead atoms. The van der Waals surface area contributed by atoms with Crippen molar-refractivity contribution in [1.29, 1.82) is 0 Å². The minimum atomic E-state index is 0.629. The van der Waals surface area contributed by atoms with E-state index in [1.54, 1.807) is 0 Å². The lowest BCUT2D eigenvalue weighted by Gasteiger charge is -2.15. The van der Waals surface area contributed by atoms with E-state index in [1.165, 1.54) is 54.2 Å². The predicted octanol–water partition coefficient (Wildman–Crippen LogP) is 13.1. The van der Waals surface area contributed by atoms with Gasteiger partial charge in [0.2, 0.25) is 0 Å². The molecule has 0 unspecified atom stereocenters. The van der Waals surface area contributed by atoms with Crippen LogP contribution in [0.4, 0.5) is 0 Å². The average molecular weight is 701 g/mol. The molecule has 0 aliphatic heterocycles. The molecule has 0 aliphatic carbocycles. The summed E-state index contributed by atoms with van der Waals surface area (Å²) < 4.78 is 2.40. The Morgan fingerprint density at radius 1 is 0.309 bits per heavy atom. The van der Waals surface area contributed by atoms with Crippen molar-refractivity contribution < 1.29 is 0 Å². The maximum absolute atomic E-state index is 5.06. The Hall–Kier alpha value is -7.43. The third-order valence-corrected chi connectivity index (χ3v) is 10.8. The molecular formula is C51H32N4. The molecule has 0 radical (unpaired) electrons. The summed E-state index contributed by atoms with van der Waals surface area (Å²) in [6.07, 6.45) is 0. The lowest BCUT2D eigenvalue weighted by atomic mass is 9.89. The van der Waals surface area contributed by atoms with Gasteiger partial charge in [-0.3, -0.25) is 0 Å². The smallest absolute Gasteiger partial charge is 0.164 e. The summed E-state index contributed by atoms with van der Waals surface area (Å²) in [5.41, 5.74) is 8.54. The molecule has 0 saturated carbocycles. The van der Waals surface area contributed by atoms with Crippen LogP contribution in [0.1, 0.15) is 0 Å². The molecule has 2 aromatic heterocycles. The molecule has 0 aliphatic rings. The number of aromatic nitrogens is 4. The van der Waals surface area contributed by atoms with E-state index in [9.17, 15) is 0 Å². The van der Waals surface area contributed by atoms with Crippen LogP contribution in [0.5, 0.6) is 0 Å². The molecule has 256 valence electrons. The Bertz CT molecular complexity index is 3180. The second-order valence-corrected chi connectivity index (χ2v) is 14.0. The molecular weight excluding hydrogens is 669 g/mol. The Balaban J connectivity index is 1.19. The summed E-state index contributed by atoms with van der Waals surface area (Å²) in [5.74, 6) is 1.92. The second-order valence-electron chi connectivity index (χ2n) is 14.0. The molecule has 0 N–H and O–H groups in total. The molecule has 4 nitrogen and oxygen atoms in total. The van der Waals surface area contributed by atoms with Crippen LogP contribution in [-0.2, 0) is 0 Å². The fourth-order valence-corrected chi connectivity index (χ4v) is 8.32. The molecule has 0 saturated heterocycles. The van der Waals surface area contributed by atoms with Crippen LogP contribution in [-0.4, -0.2) is 19.5 Å². The minimum absolute atomic E-state index is 0.629. The van der Waals surface area contributed by atoms with Crippen molar-refractivity contribution in [3.8, 4) is 51.0 Å². The van der Waals surface area contributed by atoms with Crippen molar-refractivity contribution in [2.75, 3.05) is 0 Å². The van der Waals surface area contributed by atoms with Crippen molar-refractivity contribution >= 4 is 54.1 Å². The first-order valence-corrected chi connectivity index (χ1v) is 18.6. The van der Waals surface area contributed by atoms with E-state index in [-0.39, 0.29) is 0 Å². The summed E-state index contributed by atoms with van der Waals surface area (Å²) in [6.45, 7) is 0. The van der Waals surface area contributed by atoms with Crippen LogP contribution in [0, 0.1) is 0 Å². The van der Waals surface area contributed by atoms with Crippen molar-refractivity contribution in [2.45, 2.75) is 0 Å². The molecule has 4 heteroatoms. The Kier molecular flexibility index (Phi) is 7.14. The lowest BCUT2D eigenvalue weighted by molar-refractivity contribution is 1.07. The topological polar surface area (TPSA) is 43.6 Å². The highest BCUT2D eigenvalue weighted by atomic mass is 15.0. The molecule has 0 amide bonds. The normalized spacial score (nSPS) is 11.6. The number of rotatable bonds is 5. The fraction of sp³-hybridized carbons (Fsp3) is 0. The average Bonchev–Trinajstić information content (AvgIpc) is 3.61. The van der Waals surface area contributed by atoms with E-state index in [1.807, 2.05) is 60.7 Å². The fourth-order valence-electron chi connectivity index (χ4n) is 8.32. The van der Waals surface area contributed by atoms with E-state index in [4.69, 9.17) is 15.0 Å². The van der Waals surface area contributed by atoms with Gasteiger partial charge in [0.25, 0.3) is 0 Å². The standard InChI is InChI=1S/C51H32N4/c1-4-15-33(16-5-1)44-32-46-48(43-30-29-40-39-24-11-10-17-34(39)27-28-41(40)47(43)44)42-25-12-13-26-45(42)55(46)38-23-14-22-37(31-38)51-53-49(35-18-6-2-7-19-35)52-50(54-51)36-20-8-3-9-21-36/h1-32H. The number of hydrogen-bond donors (Lipinski definition) is 0. The van der Waals surface area contributed by atoms with Crippen molar-refractivity contribution in [2.24, 2.45) is 0 Å². The molecule has 0 fully saturated rings. The first kappa shape index (κ1) is 31.1. The Labute approximate surface area is 317 Å². The van der Waals surface area contributed by atoms with E-state index >= 15 is 0 Å². The third-order valence-electron chi connectivity index (χ3n) is 10.8. The maximum atomic E-state index is 5.06. The van der Waals surface area contributed by atoms with Gasteiger partial charge in [0.05, 0.1) is 11.0 Å². The second kappa shape index (κ2) is 12.6. The number of fused-ring (bicyclic) bond motifs is 9. The Morgan fingerprint density at radius 2 is 0.855 bits per heavy atom. The van der Waals surface area contributed by atoms with Gasteiger partial charge < -0.3 is 4.57 Å². The number of nitrogens with zero attached hydrogens (tertiary/aromatic N) is 4. The highest BCUT2D eigenvalue weighted by molar-refractivity contribution is 6.31. The lowest BCUT2D eigenvalue weighted by Crippen LogP contribution is -2.01. The summed E-state index contributed by atoms with van der Waals surface area (Å²) in [6, 6.07) is 68.8. The quantitative estimate of drug-likeness (QED) is 0.168. The third kappa shape index (κ3) is 5.11. The van der Waals surface area contributed by atoms with Crippen LogP contribution in [0.15, 0.2) is 194 Å². The monoisotopic (exact) mass is 700 g/mol. The van der Waals surface area contributed by atoms with E-state index in [0.29, 0.717) is 17.5 Å². The zero-order valence-electron chi connectivity index (χ0n) is 29.8. The molecule has 0 atom stereocenters. The summed E-state index contributed by atoms with van der Waals surface area (Å²) in [4.78, 5) is 15.1. The molecule has 11 rings (SSSR count). The van der Waals surface area contributed by atoms with E-state index in [2.05, 4.69) is 138 Å². The van der Waals surface area contributed by atoms with Crippen molar-refractivity contribution in [1.82, 2.24) is 19.5 Å². The number of hydrogen-bond acceptors (Lipinski definition) is 3. The van der Waals surface area contributed by atoms with Crippen LogP contribution in [0.2, 0.25) is 0 Å². The van der Waals surface area contributed by atoms with Gasteiger partial charge in [-0.2, -0.15) is 0 Å². The minimum Gasteiger partial charge on any atom is -0.309 e. The summed E-state index contributed by atoms with van der Waals surface area (Å²) >= 11 is 0. The number of benzene rings is 9. The Morgan fingerprint density at radius 3 is 1.56 bits per heavy atom. The zero-order chi connectivity index (χ0) is 36.3. The predicted molar refractivity (Wildman–Crippen MR) is 228 cm³/mol. The molecule has 0 spiro atoms. The summed E-state index contributed by atoms with van der Waals surface area (Å²) in [5, 5.41) is 10.00. The largest absolute Gasteiger partial charge is 0.309 e. The van der Waals surface area contributed by atoms with E-state index in [0.717, 1.165) is 33.4 Å². The first-order valence-electron chi connectivity index (χ1n) is 18.6. The SMILES string of the molecule is c1ccc(-c2nc(-c3ccccc3)nc(-c3cccc(-n4c5ccccc5c5c6ccc7c8ccccc8ccc7c6c(-c6ccccc6)cc54)c3)n2)cc1. The van der Waals surface area contributed by atoms with Crippen LogP contribution >= 0.6 is 0 Å². The molecule has 9 aromatic carbocycles. The summed E-state index contributed by atoms with van der Waals surface area (Å²) in [7, 11) is 0. The zero-order valence-corrected chi connectivity index (χ0v) is 29.8. The van der Waals surface area contributed by atoms with Crippen LogP contribution in [0.3, 0.4) is 0 Å². The van der Waals surface area contributed by atoms with Crippen LogP contribution in [0.25, 0.3) is 105 Å². The van der Waals surface area contributed by atoms with Gasteiger partial charge in [-0.15, -0.1) is 0 Å². The van der Waals surface area contributed by atoms with Gasteiger partial charge in [-0.1, -0.05) is 170 Å². The molecule has 2 heterocycles. The highest BCUT2D eigenvalue weighted by Gasteiger charge is 2.21. The van der Waals surface area contributed by atoms with Gasteiger partial charge in [-0.25, -0.2) is 15.0 Å². The van der Waals surface area contributed by atoms with Gasteiger partial charge in [0.15, 0.2) is 17.5 Å². The highest BCUT2D eigenvalue weighted by Crippen LogP contribution is 2.45. The molecule has 11 aromatic rings. The van der Waals surface area contributed by atoms with Gasteiger partial charge in [-0.05, 0) is 67.7 Å². The maximum Gasteiger partial charge on any atom is 0.164 e. The molecule has 55 heavy (non-hydrogen) atoms. The van der Waals surface area contributed by atoms with E-state index < -0.39 is 0 Å². The number of para-hydroxylation sites is 1. The van der Waals surface area contributed by atoms with Gasteiger partial charge >= 0.3 is 0 Å². The van der Waals surface area contributed by atoms with Gasteiger partial charge in [0.1, 0.15) is 0 Å². The van der Waals surface area contributed by atoms with Crippen LogP contribution < -0.4 is 0 Å².